The SMILES string of the molecule is O=C1c2ccccc2C(=O)N1OCCCOc1cccc(COCc2ccccc2)c1. The number of benzene rings is 3. The standard InChI is InChI=1S/C25H23NO5/c27-24-22-12-4-5-13-23(22)25(28)26(24)31-15-7-14-30-21-11-6-10-20(16-21)18-29-17-19-8-2-1-3-9-19/h1-6,8-13,16H,7,14-15,17-18H2. The van der Waals surface area contributed by atoms with Crippen molar-refractivity contribution in [1.82, 2.24) is 5.06 Å². The second-order valence-electron chi connectivity index (χ2n) is 7.11. The van der Waals surface area contributed by atoms with E-state index in [-0.39, 0.29) is 6.61 Å². The summed E-state index contributed by atoms with van der Waals surface area (Å²) in [6, 6.07) is 24.5. The zero-order chi connectivity index (χ0) is 21.5. The summed E-state index contributed by atoms with van der Waals surface area (Å²) >= 11 is 0. The molecule has 6 heteroatoms. The van der Waals surface area contributed by atoms with Crippen molar-refractivity contribution >= 4 is 11.8 Å². The first-order valence-corrected chi connectivity index (χ1v) is 10.2. The molecule has 3 aromatic rings. The number of carbonyl (C=O) groups excluding carboxylic acids is 2. The van der Waals surface area contributed by atoms with Crippen LogP contribution in [0.4, 0.5) is 0 Å². The highest BCUT2D eigenvalue weighted by molar-refractivity contribution is 6.20. The number of imide groups is 1. The summed E-state index contributed by atoms with van der Waals surface area (Å²) in [6.07, 6.45) is 0.530. The third-order valence-corrected chi connectivity index (χ3v) is 4.81. The Hall–Kier alpha value is -3.48. The second kappa shape index (κ2) is 10.0. The summed E-state index contributed by atoms with van der Waals surface area (Å²) < 4.78 is 11.5. The number of nitrogens with zero attached hydrogens (tertiary/aromatic N) is 1. The molecular weight excluding hydrogens is 394 g/mol. The number of hydroxylamine groups is 2. The Balaban J connectivity index is 1.18. The minimum atomic E-state index is -0.426. The monoisotopic (exact) mass is 417 g/mol. The summed E-state index contributed by atoms with van der Waals surface area (Å²) in [5.74, 6) is -0.115. The van der Waals surface area contributed by atoms with Crippen LogP contribution < -0.4 is 4.74 Å². The van der Waals surface area contributed by atoms with E-state index >= 15 is 0 Å². The maximum Gasteiger partial charge on any atom is 0.285 e. The van der Waals surface area contributed by atoms with Gasteiger partial charge in [0, 0.05) is 6.42 Å². The number of hydrogen-bond acceptors (Lipinski definition) is 5. The van der Waals surface area contributed by atoms with Gasteiger partial charge in [-0.05, 0) is 35.4 Å². The molecule has 0 spiro atoms. The van der Waals surface area contributed by atoms with Gasteiger partial charge < -0.3 is 9.47 Å². The molecule has 0 aliphatic carbocycles. The lowest BCUT2D eigenvalue weighted by Crippen LogP contribution is -2.30. The van der Waals surface area contributed by atoms with Crippen molar-refractivity contribution in [1.29, 1.82) is 0 Å². The van der Waals surface area contributed by atoms with Crippen LogP contribution in [-0.4, -0.2) is 30.1 Å². The average molecular weight is 417 g/mol. The lowest BCUT2D eigenvalue weighted by molar-refractivity contribution is -0.0935. The first-order chi connectivity index (χ1) is 15.2. The molecule has 158 valence electrons. The molecule has 0 saturated heterocycles. The van der Waals surface area contributed by atoms with Gasteiger partial charge in [0.2, 0.25) is 0 Å². The highest BCUT2D eigenvalue weighted by Gasteiger charge is 2.36. The molecule has 0 N–H and O–H groups in total. The highest BCUT2D eigenvalue weighted by atomic mass is 16.7. The largest absolute Gasteiger partial charge is 0.493 e. The molecule has 31 heavy (non-hydrogen) atoms. The Labute approximate surface area is 180 Å². The smallest absolute Gasteiger partial charge is 0.285 e. The Morgan fingerprint density at radius 3 is 2.06 bits per heavy atom. The van der Waals surface area contributed by atoms with Gasteiger partial charge >= 0.3 is 0 Å². The fourth-order valence-electron chi connectivity index (χ4n) is 3.28. The third kappa shape index (κ3) is 5.17. The van der Waals surface area contributed by atoms with Crippen LogP contribution in [0.15, 0.2) is 78.9 Å². The van der Waals surface area contributed by atoms with Gasteiger partial charge in [0.05, 0.1) is 37.6 Å². The Kier molecular flexibility index (Phi) is 6.72. The van der Waals surface area contributed by atoms with E-state index in [9.17, 15) is 9.59 Å². The van der Waals surface area contributed by atoms with Crippen LogP contribution >= 0.6 is 0 Å². The minimum absolute atomic E-state index is 0.200. The molecule has 0 aromatic heterocycles. The van der Waals surface area contributed by atoms with Gasteiger partial charge in [0.15, 0.2) is 0 Å². The summed E-state index contributed by atoms with van der Waals surface area (Å²) in [6.45, 7) is 1.65. The van der Waals surface area contributed by atoms with Crippen LogP contribution in [0.3, 0.4) is 0 Å². The normalized spacial score (nSPS) is 12.8. The summed E-state index contributed by atoms with van der Waals surface area (Å²) in [7, 11) is 0. The second-order valence-corrected chi connectivity index (χ2v) is 7.11. The van der Waals surface area contributed by atoms with Crippen LogP contribution in [0.25, 0.3) is 0 Å². The van der Waals surface area contributed by atoms with Crippen molar-refractivity contribution in [2.75, 3.05) is 13.2 Å². The Morgan fingerprint density at radius 2 is 1.32 bits per heavy atom. The molecule has 0 fully saturated rings. The molecule has 0 atom stereocenters. The maximum absolute atomic E-state index is 12.2. The third-order valence-electron chi connectivity index (χ3n) is 4.81. The molecule has 1 heterocycles. The fraction of sp³-hybridized carbons (Fsp3) is 0.200. The quantitative estimate of drug-likeness (QED) is 0.361. The summed E-state index contributed by atoms with van der Waals surface area (Å²) in [4.78, 5) is 29.9. The summed E-state index contributed by atoms with van der Waals surface area (Å²) in [5.41, 5.74) is 2.90. The zero-order valence-corrected chi connectivity index (χ0v) is 17.0. The van der Waals surface area contributed by atoms with Gasteiger partial charge in [-0.3, -0.25) is 14.4 Å². The molecule has 1 aliphatic rings. The molecule has 0 unspecified atom stereocenters. The molecule has 1 aliphatic heterocycles. The van der Waals surface area contributed by atoms with E-state index in [1.165, 1.54) is 0 Å². The molecule has 3 aromatic carbocycles. The molecule has 6 nitrogen and oxygen atoms in total. The number of rotatable bonds is 10. The predicted molar refractivity (Wildman–Crippen MR) is 114 cm³/mol. The highest BCUT2D eigenvalue weighted by Crippen LogP contribution is 2.22. The van der Waals surface area contributed by atoms with Crippen LogP contribution in [0.5, 0.6) is 5.75 Å². The van der Waals surface area contributed by atoms with E-state index in [4.69, 9.17) is 14.3 Å². The van der Waals surface area contributed by atoms with Crippen molar-refractivity contribution in [3.63, 3.8) is 0 Å². The van der Waals surface area contributed by atoms with Crippen molar-refractivity contribution in [2.24, 2.45) is 0 Å². The van der Waals surface area contributed by atoms with Gasteiger partial charge in [-0.15, -0.1) is 5.06 Å². The molecule has 0 bridgehead atoms. The van der Waals surface area contributed by atoms with Gasteiger partial charge in [-0.2, -0.15) is 0 Å². The zero-order valence-electron chi connectivity index (χ0n) is 17.0. The molecule has 0 radical (unpaired) electrons. The van der Waals surface area contributed by atoms with E-state index in [1.807, 2.05) is 54.6 Å². The van der Waals surface area contributed by atoms with Gasteiger partial charge in [0.1, 0.15) is 5.75 Å². The van der Waals surface area contributed by atoms with Gasteiger partial charge in [-0.1, -0.05) is 54.6 Å². The van der Waals surface area contributed by atoms with Crippen molar-refractivity contribution in [2.45, 2.75) is 19.6 Å². The van der Waals surface area contributed by atoms with E-state index < -0.39 is 11.8 Å². The molecule has 2 amide bonds. The lowest BCUT2D eigenvalue weighted by atomic mass is 10.1. The van der Waals surface area contributed by atoms with E-state index in [1.54, 1.807) is 24.3 Å². The van der Waals surface area contributed by atoms with E-state index in [0.29, 0.717) is 37.4 Å². The van der Waals surface area contributed by atoms with Crippen molar-refractivity contribution < 1.29 is 23.9 Å². The number of hydrogen-bond donors (Lipinski definition) is 0. The first kappa shape index (κ1) is 20.8. The first-order valence-electron chi connectivity index (χ1n) is 10.2. The van der Waals surface area contributed by atoms with Gasteiger partial charge in [0.25, 0.3) is 11.8 Å². The lowest BCUT2D eigenvalue weighted by Gasteiger charge is -2.13. The Bertz CT molecular complexity index is 1020. The predicted octanol–water partition coefficient (Wildman–Crippen LogP) is 4.40. The van der Waals surface area contributed by atoms with E-state index in [2.05, 4.69) is 0 Å². The number of ether oxygens (including phenoxy) is 2. The maximum atomic E-state index is 12.2. The van der Waals surface area contributed by atoms with Crippen LogP contribution in [0, 0.1) is 0 Å². The topological polar surface area (TPSA) is 65.1 Å². The average Bonchev–Trinajstić information content (AvgIpc) is 3.05. The Morgan fingerprint density at radius 1 is 0.677 bits per heavy atom. The minimum Gasteiger partial charge on any atom is -0.493 e. The number of amides is 2. The van der Waals surface area contributed by atoms with Crippen LogP contribution in [0.2, 0.25) is 0 Å². The van der Waals surface area contributed by atoms with Crippen LogP contribution in [0.1, 0.15) is 38.3 Å². The number of carbonyl (C=O) groups is 2. The van der Waals surface area contributed by atoms with E-state index in [0.717, 1.165) is 21.9 Å². The van der Waals surface area contributed by atoms with Crippen molar-refractivity contribution in [3.05, 3.63) is 101 Å². The fourth-order valence-corrected chi connectivity index (χ4v) is 3.28. The number of fused-ring (bicyclic) bond motifs is 1. The summed E-state index contributed by atoms with van der Waals surface area (Å²) in [5, 5.41) is 0.829. The van der Waals surface area contributed by atoms with Crippen LogP contribution in [-0.2, 0) is 22.8 Å². The molecule has 0 saturated carbocycles. The van der Waals surface area contributed by atoms with Gasteiger partial charge in [-0.25, -0.2) is 0 Å². The van der Waals surface area contributed by atoms with Crippen molar-refractivity contribution in [3.8, 4) is 5.75 Å². The molecular formula is C25H23NO5. The molecule has 4 rings (SSSR count).